The SMILES string of the molecule is Cc1cc(-c2n[nH]c(=S)n2C[C@H]2CCCO2)nn1C. The van der Waals surface area contributed by atoms with Gasteiger partial charge in [-0.25, -0.2) is 0 Å². The molecule has 2 aromatic heterocycles. The van der Waals surface area contributed by atoms with Gasteiger partial charge in [0.2, 0.25) is 0 Å². The molecule has 0 aromatic carbocycles. The Hall–Kier alpha value is -1.47. The van der Waals surface area contributed by atoms with Gasteiger partial charge >= 0.3 is 0 Å². The van der Waals surface area contributed by atoms with E-state index in [2.05, 4.69) is 15.3 Å². The molecular formula is C12H17N5OS. The molecule has 1 saturated heterocycles. The van der Waals surface area contributed by atoms with Crippen molar-refractivity contribution in [2.24, 2.45) is 7.05 Å². The summed E-state index contributed by atoms with van der Waals surface area (Å²) in [5, 5.41) is 11.6. The van der Waals surface area contributed by atoms with Crippen molar-refractivity contribution in [3.05, 3.63) is 16.5 Å². The summed E-state index contributed by atoms with van der Waals surface area (Å²) in [7, 11) is 1.92. The summed E-state index contributed by atoms with van der Waals surface area (Å²) in [4.78, 5) is 0. The fraction of sp³-hybridized carbons (Fsp3) is 0.583. The molecule has 1 atom stereocenters. The van der Waals surface area contributed by atoms with Crippen molar-refractivity contribution in [3.8, 4) is 11.5 Å². The smallest absolute Gasteiger partial charge is 0.195 e. The van der Waals surface area contributed by atoms with Crippen molar-refractivity contribution in [1.82, 2.24) is 24.5 Å². The lowest BCUT2D eigenvalue weighted by molar-refractivity contribution is 0.0969. The summed E-state index contributed by atoms with van der Waals surface area (Å²) < 4.78 is 10.1. The molecule has 2 aromatic rings. The van der Waals surface area contributed by atoms with Gasteiger partial charge in [0.05, 0.1) is 12.6 Å². The van der Waals surface area contributed by atoms with Crippen LogP contribution in [0.25, 0.3) is 11.5 Å². The highest BCUT2D eigenvalue weighted by molar-refractivity contribution is 7.71. The van der Waals surface area contributed by atoms with Crippen LogP contribution in [0.4, 0.5) is 0 Å². The Morgan fingerprint density at radius 3 is 3.05 bits per heavy atom. The van der Waals surface area contributed by atoms with E-state index in [1.807, 2.05) is 29.3 Å². The van der Waals surface area contributed by atoms with E-state index < -0.39 is 0 Å². The Labute approximate surface area is 116 Å². The van der Waals surface area contributed by atoms with Crippen LogP contribution < -0.4 is 0 Å². The zero-order valence-electron chi connectivity index (χ0n) is 11.1. The molecule has 3 heterocycles. The molecule has 1 N–H and O–H groups in total. The van der Waals surface area contributed by atoms with Gasteiger partial charge in [-0.15, -0.1) is 0 Å². The van der Waals surface area contributed by atoms with Crippen molar-refractivity contribution in [2.75, 3.05) is 6.61 Å². The largest absolute Gasteiger partial charge is 0.376 e. The average Bonchev–Trinajstić information content (AvgIpc) is 3.06. The van der Waals surface area contributed by atoms with Crippen LogP contribution in [0.15, 0.2) is 6.07 Å². The minimum Gasteiger partial charge on any atom is -0.376 e. The molecule has 0 saturated carbocycles. The number of aromatic nitrogens is 5. The second-order valence-electron chi connectivity index (χ2n) is 4.89. The normalized spacial score (nSPS) is 19.2. The van der Waals surface area contributed by atoms with Crippen LogP contribution in [0.3, 0.4) is 0 Å². The van der Waals surface area contributed by atoms with Gasteiger partial charge in [0.15, 0.2) is 10.6 Å². The lowest BCUT2D eigenvalue weighted by Crippen LogP contribution is -2.16. The number of H-pyrrole nitrogens is 1. The summed E-state index contributed by atoms with van der Waals surface area (Å²) in [5.74, 6) is 0.782. The van der Waals surface area contributed by atoms with Crippen LogP contribution in [-0.4, -0.2) is 37.3 Å². The van der Waals surface area contributed by atoms with Crippen LogP contribution in [0.2, 0.25) is 0 Å². The highest BCUT2D eigenvalue weighted by Crippen LogP contribution is 2.20. The number of hydrogen-bond acceptors (Lipinski definition) is 4. The summed E-state index contributed by atoms with van der Waals surface area (Å²) >= 11 is 5.30. The van der Waals surface area contributed by atoms with Gasteiger partial charge in [0.1, 0.15) is 5.69 Å². The van der Waals surface area contributed by atoms with E-state index in [0.29, 0.717) is 4.77 Å². The molecule has 0 spiro atoms. The van der Waals surface area contributed by atoms with E-state index in [1.165, 1.54) is 0 Å². The lowest BCUT2D eigenvalue weighted by Gasteiger charge is -2.11. The van der Waals surface area contributed by atoms with Crippen molar-refractivity contribution in [1.29, 1.82) is 0 Å². The molecule has 7 heteroatoms. The van der Waals surface area contributed by atoms with E-state index in [9.17, 15) is 0 Å². The predicted octanol–water partition coefficient (Wildman–Crippen LogP) is 1.83. The van der Waals surface area contributed by atoms with Crippen LogP contribution >= 0.6 is 12.2 Å². The van der Waals surface area contributed by atoms with Gasteiger partial charge in [-0.2, -0.15) is 10.2 Å². The topological polar surface area (TPSA) is 60.7 Å². The van der Waals surface area contributed by atoms with E-state index in [0.717, 1.165) is 43.2 Å². The van der Waals surface area contributed by atoms with Crippen LogP contribution in [0.5, 0.6) is 0 Å². The number of rotatable bonds is 3. The van der Waals surface area contributed by atoms with Gasteiger partial charge in [0.25, 0.3) is 0 Å². The number of ether oxygens (including phenoxy) is 1. The Bertz CT molecular complexity index is 615. The second-order valence-corrected chi connectivity index (χ2v) is 5.28. The fourth-order valence-electron chi connectivity index (χ4n) is 2.34. The third-order valence-corrected chi connectivity index (χ3v) is 3.82. The molecule has 6 nitrogen and oxygen atoms in total. The first-order valence-corrected chi connectivity index (χ1v) is 6.84. The van der Waals surface area contributed by atoms with Crippen LogP contribution in [0.1, 0.15) is 18.5 Å². The standard InChI is InChI=1S/C12H17N5OS/c1-8-6-10(15-16(8)2)11-13-14-12(19)17(11)7-9-4-3-5-18-9/h6,9H,3-5,7H2,1-2H3,(H,14,19)/t9-/m1/s1. The molecule has 0 aliphatic carbocycles. The van der Waals surface area contributed by atoms with E-state index in [4.69, 9.17) is 17.0 Å². The second kappa shape index (κ2) is 4.90. The molecule has 0 bridgehead atoms. The van der Waals surface area contributed by atoms with Crippen molar-refractivity contribution < 1.29 is 4.74 Å². The summed E-state index contributed by atoms with van der Waals surface area (Å²) in [5.41, 5.74) is 1.93. The summed E-state index contributed by atoms with van der Waals surface area (Å²) in [6, 6.07) is 2.01. The first-order chi connectivity index (χ1) is 9.15. The highest BCUT2D eigenvalue weighted by Gasteiger charge is 2.20. The summed E-state index contributed by atoms with van der Waals surface area (Å²) in [6.07, 6.45) is 2.43. The Balaban J connectivity index is 1.95. The van der Waals surface area contributed by atoms with Gasteiger partial charge in [0, 0.05) is 19.3 Å². The Morgan fingerprint density at radius 1 is 1.58 bits per heavy atom. The molecule has 0 amide bonds. The Morgan fingerprint density at radius 2 is 2.42 bits per heavy atom. The Kier molecular flexibility index (Phi) is 3.24. The average molecular weight is 279 g/mol. The maximum atomic E-state index is 5.67. The van der Waals surface area contributed by atoms with Crippen molar-refractivity contribution in [3.63, 3.8) is 0 Å². The zero-order chi connectivity index (χ0) is 13.4. The number of nitrogens with zero attached hydrogens (tertiary/aromatic N) is 4. The first kappa shape index (κ1) is 12.6. The summed E-state index contributed by atoms with van der Waals surface area (Å²) in [6.45, 7) is 3.59. The molecule has 3 rings (SSSR count). The third-order valence-electron chi connectivity index (χ3n) is 3.51. The lowest BCUT2D eigenvalue weighted by atomic mass is 10.2. The quantitative estimate of drug-likeness (QED) is 0.871. The maximum absolute atomic E-state index is 5.67. The van der Waals surface area contributed by atoms with E-state index in [1.54, 1.807) is 0 Å². The maximum Gasteiger partial charge on any atom is 0.195 e. The number of hydrogen-bond donors (Lipinski definition) is 1. The number of aryl methyl sites for hydroxylation is 2. The van der Waals surface area contributed by atoms with Crippen molar-refractivity contribution >= 4 is 12.2 Å². The van der Waals surface area contributed by atoms with Crippen LogP contribution in [0, 0.1) is 11.7 Å². The third kappa shape index (κ3) is 2.35. The molecule has 19 heavy (non-hydrogen) atoms. The van der Waals surface area contributed by atoms with Gasteiger partial charge in [-0.05, 0) is 38.0 Å². The fourth-order valence-corrected chi connectivity index (χ4v) is 2.55. The van der Waals surface area contributed by atoms with Crippen LogP contribution in [-0.2, 0) is 18.3 Å². The number of nitrogens with one attached hydrogen (secondary N) is 1. The monoisotopic (exact) mass is 279 g/mol. The van der Waals surface area contributed by atoms with Crippen molar-refractivity contribution in [2.45, 2.75) is 32.4 Å². The predicted molar refractivity (Wildman–Crippen MR) is 73.3 cm³/mol. The molecule has 102 valence electrons. The minimum absolute atomic E-state index is 0.229. The van der Waals surface area contributed by atoms with Gasteiger partial charge < -0.3 is 4.74 Å². The van der Waals surface area contributed by atoms with E-state index >= 15 is 0 Å². The molecule has 0 unspecified atom stereocenters. The molecule has 1 aliphatic rings. The molecule has 1 aliphatic heterocycles. The highest BCUT2D eigenvalue weighted by atomic mass is 32.1. The number of aromatic amines is 1. The van der Waals surface area contributed by atoms with Gasteiger partial charge in [-0.1, -0.05) is 0 Å². The molecule has 1 fully saturated rings. The first-order valence-electron chi connectivity index (χ1n) is 6.43. The minimum atomic E-state index is 0.229. The molecular weight excluding hydrogens is 262 g/mol. The van der Waals surface area contributed by atoms with E-state index in [-0.39, 0.29) is 6.10 Å². The van der Waals surface area contributed by atoms with Gasteiger partial charge in [-0.3, -0.25) is 14.3 Å². The molecule has 0 radical (unpaired) electrons. The zero-order valence-corrected chi connectivity index (χ0v) is 11.9.